The first-order valence-corrected chi connectivity index (χ1v) is 6.35. The van der Waals surface area contributed by atoms with Crippen LogP contribution in [0.15, 0.2) is 29.1 Å². The smallest absolute Gasteiger partial charge is 0.287 e. The molecule has 1 heterocycles. The lowest BCUT2D eigenvalue weighted by Crippen LogP contribution is -2.23. The lowest BCUT2D eigenvalue weighted by atomic mass is 10.3. The Morgan fingerprint density at radius 3 is 2.58 bits per heavy atom. The number of pyridine rings is 1. The van der Waals surface area contributed by atoms with Crippen LogP contribution in [-0.2, 0) is 7.05 Å². The van der Waals surface area contributed by atoms with Crippen LogP contribution in [0.5, 0.6) is 0 Å². The second kappa shape index (κ2) is 5.16. The van der Waals surface area contributed by atoms with E-state index in [9.17, 15) is 13.6 Å². The topological polar surface area (TPSA) is 60.1 Å². The van der Waals surface area contributed by atoms with E-state index in [2.05, 4.69) is 5.32 Å². The molecule has 0 fully saturated rings. The van der Waals surface area contributed by atoms with Crippen LogP contribution in [-0.4, -0.2) is 4.57 Å². The van der Waals surface area contributed by atoms with Crippen LogP contribution in [0.3, 0.4) is 0 Å². The lowest BCUT2D eigenvalue weighted by Gasteiger charge is -2.14. The third-order valence-corrected chi connectivity index (χ3v) is 3.26. The Morgan fingerprint density at radius 2 is 1.95 bits per heavy atom. The van der Waals surface area contributed by atoms with Gasteiger partial charge in [-0.2, -0.15) is 0 Å². The van der Waals surface area contributed by atoms with E-state index in [-0.39, 0.29) is 17.2 Å². The zero-order chi connectivity index (χ0) is 14.2. The van der Waals surface area contributed by atoms with Crippen LogP contribution in [0.4, 0.5) is 26.0 Å². The maximum Gasteiger partial charge on any atom is 0.287 e. The van der Waals surface area contributed by atoms with Gasteiger partial charge in [0.2, 0.25) is 0 Å². The fourth-order valence-corrected chi connectivity index (χ4v) is 2.05. The van der Waals surface area contributed by atoms with Gasteiger partial charge in [-0.1, -0.05) is 0 Å². The molecular formula is C12H10F2IN3O. The summed E-state index contributed by atoms with van der Waals surface area (Å²) in [5, 5.41) is 2.70. The molecule has 7 heteroatoms. The van der Waals surface area contributed by atoms with Crippen molar-refractivity contribution in [2.24, 2.45) is 7.05 Å². The normalized spacial score (nSPS) is 10.5. The predicted molar refractivity (Wildman–Crippen MR) is 78.5 cm³/mol. The molecule has 1 aromatic carbocycles. The minimum absolute atomic E-state index is 0.0255. The summed E-state index contributed by atoms with van der Waals surface area (Å²) in [5.74, 6) is -1.29. The first kappa shape index (κ1) is 13.8. The summed E-state index contributed by atoms with van der Waals surface area (Å²) < 4.78 is 28.6. The highest BCUT2D eigenvalue weighted by Gasteiger charge is 2.12. The number of anilines is 3. The molecule has 0 bridgehead atoms. The maximum atomic E-state index is 13.7. The van der Waals surface area contributed by atoms with E-state index in [4.69, 9.17) is 5.73 Å². The van der Waals surface area contributed by atoms with Gasteiger partial charge in [0.15, 0.2) is 5.82 Å². The number of benzene rings is 1. The van der Waals surface area contributed by atoms with Crippen molar-refractivity contribution in [3.05, 3.63) is 49.8 Å². The Bertz CT molecular complexity index is 700. The fraction of sp³-hybridized carbons (Fsp3) is 0.0833. The van der Waals surface area contributed by atoms with Gasteiger partial charge in [-0.05, 0) is 40.8 Å². The molecular weight excluding hydrogens is 367 g/mol. The van der Waals surface area contributed by atoms with E-state index >= 15 is 0 Å². The van der Waals surface area contributed by atoms with Crippen LogP contribution in [0, 0.1) is 15.2 Å². The van der Waals surface area contributed by atoms with Crippen molar-refractivity contribution in [3.8, 4) is 0 Å². The van der Waals surface area contributed by atoms with Gasteiger partial charge in [0, 0.05) is 16.7 Å². The average molecular weight is 377 g/mol. The summed E-state index contributed by atoms with van der Waals surface area (Å²) in [6.07, 6.45) is 0. The van der Waals surface area contributed by atoms with Crippen LogP contribution in [0.1, 0.15) is 0 Å². The molecule has 19 heavy (non-hydrogen) atoms. The first-order valence-electron chi connectivity index (χ1n) is 5.27. The van der Waals surface area contributed by atoms with Crippen molar-refractivity contribution in [2.75, 3.05) is 11.1 Å². The van der Waals surface area contributed by atoms with E-state index in [1.807, 2.05) is 22.6 Å². The minimum Gasteiger partial charge on any atom is -0.396 e. The van der Waals surface area contributed by atoms with Gasteiger partial charge in [0.25, 0.3) is 5.56 Å². The number of nitrogens with two attached hydrogens (primary N) is 1. The highest BCUT2D eigenvalue weighted by Crippen LogP contribution is 2.24. The van der Waals surface area contributed by atoms with Gasteiger partial charge in [0.05, 0.1) is 11.4 Å². The van der Waals surface area contributed by atoms with Gasteiger partial charge >= 0.3 is 0 Å². The summed E-state index contributed by atoms with van der Waals surface area (Å²) in [6.45, 7) is 0. The highest BCUT2D eigenvalue weighted by atomic mass is 127. The Kier molecular flexibility index (Phi) is 3.74. The molecule has 0 saturated carbocycles. The zero-order valence-corrected chi connectivity index (χ0v) is 12.0. The Labute approximate surface area is 121 Å². The quantitative estimate of drug-likeness (QED) is 0.792. The fourth-order valence-electron chi connectivity index (χ4n) is 1.60. The molecule has 2 aromatic rings. The summed E-state index contributed by atoms with van der Waals surface area (Å²) in [7, 11) is 1.36. The van der Waals surface area contributed by atoms with E-state index in [0.29, 0.717) is 0 Å². The molecule has 100 valence electrons. The zero-order valence-electron chi connectivity index (χ0n) is 9.88. The SMILES string of the molecule is Cn1c(Nc2ccc(I)cc2F)c(N)cc(F)c1=O. The highest BCUT2D eigenvalue weighted by molar-refractivity contribution is 14.1. The summed E-state index contributed by atoms with van der Waals surface area (Å²) >= 11 is 1.98. The van der Waals surface area contributed by atoms with Gasteiger partial charge in [-0.25, -0.2) is 8.78 Å². The van der Waals surface area contributed by atoms with Crippen LogP contribution >= 0.6 is 22.6 Å². The molecule has 0 spiro atoms. The van der Waals surface area contributed by atoms with E-state index in [1.165, 1.54) is 19.2 Å². The van der Waals surface area contributed by atoms with E-state index < -0.39 is 17.2 Å². The number of rotatable bonds is 2. The third-order valence-electron chi connectivity index (χ3n) is 2.58. The standard InChI is InChI=1S/C12H10F2IN3O/c1-18-11(9(16)5-8(14)12(18)19)17-10-3-2-6(15)4-7(10)13/h2-5,17H,16H2,1H3. The van der Waals surface area contributed by atoms with Crippen molar-refractivity contribution in [3.63, 3.8) is 0 Å². The molecule has 1 aromatic heterocycles. The van der Waals surface area contributed by atoms with Crippen molar-refractivity contribution < 1.29 is 8.78 Å². The Morgan fingerprint density at radius 1 is 1.26 bits per heavy atom. The third kappa shape index (κ3) is 2.70. The molecule has 0 unspecified atom stereocenters. The van der Waals surface area contributed by atoms with Crippen LogP contribution in [0.25, 0.3) is 0 Å². The molecule has 4 nitrogen and oxygen atoms in total. The molecule has 0 aliphatic carbocycles. The molecule has 2 rings (SSSR count). The summed E-state index contributed by atoms with van der Waals surface area (Å²) in [6, 6.07) is 5.46. The number of nitrogens with one attached hydrogen (secondary N) is 1. The molecule has 0 atom stereocenters. The largest absolute Gasteiger partial charge is 0.396 e. The van der Waals surface area contributed by atoms with Crippen LogP contribution in [0.2, 0.25) is 0 Å². The summed E-state index contributed by atoms with van der Waals surface area (Å²) in [4.78, 5) is 11.5. The number of hydrogen-bond donors (Lipinski definition) is 2. The first-order chi connectivity index (χ1) is 8.90. The number of aromatic nitrogens is 1. The molecule has 0 aliphatic rings. The molecule has 0 aliphatic heterocycles. The molecule has 3 N–H and O–H groups in total. The minimum atomic E-state index is -0.950. The van der Waals surface area contributed by atoms with Gasteiger partial charge in [-0.15, -0.1) is 0 Å². The lowest BCUT2D eigenvalue weighted by molar-refractivity contribution is 0.593. The second-order valence-corrected chi connectivity index (χ2v) is 5.16. The van der Waals surface area contributed by atoms with Crippen molar-refractivity contribution >= 4 is 39.8 Å². The number of hydrogen-bond acceptors (Lipinski definition) is 3. The van der Waals surface area contributed by atoms with Crippen molar-refractivity contribution in [2.45, 2.75) is 0 Å². The Hall–Kier alpha value is -1.64. The van der Waals surface area contributed by atoms with Crippen molar-refractivity contribution in [1.29, 1.82) is 0 Å². The Balaban J connectivity index is 2.50. The predicted octanol–water partition coefficient (Wildman–Crippen LogP) is 2.59. The molecule has 0 radical (unpaired) electrons. The number of nitrogens with zero attached hydrogens (tertiary/aromatic N) is 1. The summed E-state index contributed by atoms with van der Waals surface area (Å²) in [5.41, 5.74) is 4.99. The monoisotopic (exact) mass is 377 g/mol. The van der Waals surface area contributed by atoms with Crippen molar-refractivity contribution in [1.82, 2.24) is 4.57 Å². The van der Waals surface area contributed by atoms with E-state index in [1.54, 1.807) is 6.07 Å². The number of nitrogen functional groups attached to an aromatic ring is 1. The average Bonchev–Trinajstić information content (AvgIpc) is 2.34. The van der Waals surface area contributed by atoms with E-state index in [0.717, 1.165) is 14.2 Å². The van der Waals surface area contributed by atoms with Gasteiger partial charge in [-0.3, -0.25) is 9.36 Å². The maximum absolute atomic E-state index is 13.7. The second-order valence-electron chi connectivity index (χ2n) is 3.91. The van der Waals surface area contributed by atoms with Gasteiger partial charge in [0.1, 0.15) is 11.6 Å². The number of halogens is 3. The van der Waals surface area contributed by atoms with Crippen LogP contribution < -0.4 is 16.6 Å². The molecule has 0 saturated heterocycles. The van der Waals surface area contributed by atoms with Gasteiger partial charge < -0.3 is 11.1 Å². The molecule has 0 amide bonds.